The number of rotatable bonds is 3. The molecule has 0 aliphatic rings. The molecule has 6 heteroatoms. The second-order valence-corrected chi connectivity index (χ2v) is 4.99. The molecule has 0 bridgehead atoms. The Labute approximate surface area is 98.2 Å². The number of anilines is 1. The van der Waals surface area contributed by atoms with Gasteiger partial charge in [0.25, 0.3) is 10.0 Å². The highest BCUT2D eigenvalue weighted by atomic mass is 32.2. The fourth-order valence-electron chi connectivity index (χ4n) is 1.27. The first-order valence-corrected chi connectivity index (χ1v) is 6.25. The molecular weight excluding hydrogens is 243 g/mol. The van der Waals surface area contributed by atoms with Crippen LogP contribution in [0.3, 0.4) is 0 Å². The average molecular weight is 252 g/mol. The van der Waals surface area contributed by atoms with Gasteiger partial charge in [0.05, 0.1) is 16.8 Å². The summed E-state index contributed by atoms with van der Waals surface area (Å²) in [4.78, 5) is 3.66. The second-order valence-electron chi connectivity index (χ2n) is 3.30. The standard InChI is InChI=1S/C11H9FN2O2S/c12-9-3-1-5-11(7-9)17(15,16)14-10-4-2-6-13-8-10/h1-8,14H. The Morgan fingerprint density at radius 2 is 2.00 bits per heavy atom. The molecule has 1 N–H and O–H groups in total. The number of pyridine rings is 1. The number of sulfonamides is 1. The predicted octanol–water partition coefficient (Wildman–Crippen LogP) is 2.02. The Bertz CT molecular complexity index is 614. The molecular formula is C11H9FN2O2S. The first kappa shape index (κ1) is 11.5. The first-order chi connectivity index (χ1) is 8.08. The van der Waals surface area contributed by atoms with Crippen LogP contribution < -0.4 is 4.72 Å². The number of hydrogen-bond donors (Lipinski definition) is 1. The van der Waals surface area contributed by atoms with E-state index in [1.807, 2.05) is 0 Å². The van der Waals surface area contributed by atoms with Crippen molar-refractivity contribution in [2.24, 2.45) is 0 Å². The largest absolute Gasteiger partial charge is 0.278 e. The van der Waals surface area contributed by atoms with Crippen molar-refractivity contribution < 1.29 is 12.8 Å². The Kier molecular flexibility index (Phi) is 3.06. The summed E-state index contributed by atoms with van der Waals surface area (Å²) in [7, 11) is -3.77. The van der Waals surface area contributed by atoms with E-state index in [0.717, 1.165) is 6.07 Å². The lowest BCUT2D eigenvalue weighted by molar-refractivity contribution is 0.595. The van der Waals surface area contributed by atoms with Crippen LogP contribution >= 0.6 is 0 Å². The molecule has 0 spiro atoms. The van der Waals surface area contributed by atoms with Crippen molar-refractivity contribution in [1.82, 2.24) is 4.98 Å². The van der Waals surface area contributed by atoms with Crippen LogP contribution in [0.25, 0.3) is 0 Å². The van der Waals surface area contributed by atoms with E-state index in [0.29, 0.717) is 5.69 Å². The van der Waals surface area contributed by atoms with Crippen molar-refractivity contribution in [2.45, 2.75) is 4.90 Å². The fraction of sp³-hybridized carbons (Fsp3) is 0. The highest BCUT2D eigenvalue weighted by molar-refractivity contribution is 7.92. The van der Waals surface area contributed by atoms with E-state index in [9.17, 15) is 12.8 Å². The van der Waals surface area contributed by atoms with Gasteiger partial charge in [-0.25, -0.2) is 12.8 Å². The Hall–Kier alpha value is -1.95. The second kappa shape index (κ2) is 4.50. The van der Waals surface area contributed by atoms with E-state index in [2.05, 4.69) is 9.71 Å². The summed E-state index contributed by atoms with van der Waals surface area (Å²) >= 11 is 0. The first-order valence-electron chi connectivity index (χ1n) is 4.76. The van der Waals surface area contributed by atoms with Gasteiger partial charge in [-0.05, 0) is 30.3 Å². The molecule has 0 unspecified atom stereocenters. The minimum atomic E-state index is -3.77. The molecule has 17 heavy (non-hydrogen) atoms. The Morgan fingerprint density at radius 3 is 2.65 bits per heavy atom. The molecule has 1 aromatic carbocycles. The van der Waals surface area contributed by atoms with Crippen LogP contribution in [0.5, 0.6) is 0 Å². The van der Waals surface area contributed by atoms with Crippen LogP contribution in [0.1, 0.15) is 0 Å². The summed E-state index contributed by atoms with van der Waals surface area (Å²) in [6.45, 7) is 0. The number of aromatic nitrogens is 1. The molecule has 0 saturated heterocycles. The average Bonchev–Trinajstić information content (AvgIpc) is 2.30. The number of hydrogen-bond acceptors (Lipinski definition) is 3. The van der Waals surface area contributed by atoms with Crippen molar-refractivity contribution in [2.75, 3.05) is 4.72 Å². The molecule has 0 saturated carbocycles. The molecule has 0 radical (unpaired) electrons. The van der Waals surface area contributed by atoms with E-state index in [1.54, 1.807) is 12.1 Å². The minimum absolute atomic E-state index is 0.124. The summed E-state index contributed by atoms with van der Waals surface area (Å²) in [6.07, 6.45) is 2.90. The number of nitrogens with one attached hydrogen (secondary N) is 1. The van der Waals surface area contributed by atoms with Gasteiger partial charge in [-0.15, -0.1) is 0 Å². The van der Waals surface area contributed by atoms with E-state index in [-0.39, 0.29) is 4.90 Å². The van der Waals surface area contributed by atoms with Gasteiger partial charge in [0.2, 0.25) is 0 Å². The smallest absolute Gasteiger partial charge is 0.262 e. The van der Waals surface area contributed by atoms with Crippen molar-refractivity contribution in [1.29, 1.82) is 0 Å². The molecule has 0 amide bonds. The van der Waals surface area contributed by atoms with Gasteiger partial charge in [0.15, 0.2) is 0 Å². The lowest BCUT2D eigenvalue weighted by atomic mass is 10.4. The van der Waals surface area contributed by atoms with E-state index in [1.165, 1.54) is 30.6 Å². The number of benzene rings is 1. The normalized spacial score (nSPS) is 11.1. The molecule has 1 heterocycles. The zero-order valence-electron chi connectivity index (χ0n) is 8.67. The molecule has 2 rings (SSSR count). The fourth-order valence-corrected chi connectivity index (χ4v) is 2.35. The zero-order chi connectivity index (χ0) is 12.3. The van der Waals surface area contributed by atoms with Gasteiger partial charge in [-0.3, -0.25) is 9.71 Å². The summed E-state index contributed by atoms with van der Waals surface area (Å²) in [6, 6.07) is 7.96. The van der Waals surface area contributed by atoms with Crippen LogP contribution in [0.2, 0.25) is 0 Å². The highest BCUT2D eigenvalue weighted by Crippen LogP contribution is 2.15. The van der Waals surface area contributed by atoms with Gasteiger partial charge in [-0.2, -0.15) is 0 Å². The Morgan fingerprint density at radius 1 is 1.18 bits per heavy atom. The van der Waals surface area contributed by atoms with Gasteiger partial charge < -0.3 is 0 Å². The minimum Gasteiger partial charge on any atom is -0.278 e. The predicted molar refractivity (Wildman–Crippen MR) is 61.4 cm³/mol. The summed E-state index contributed by atoms with van der Waals surface area (Å²) < 4.78 is 38.9. The lowest BCUT2D eigenvalue weighted by Crippen LogP contribution is -2.13. The molecule has 1 aromatic heterocycles. The van der Waals surface area contributed by atoms with Crippen LogP contribution in [0, 0.1) is 5.82 Å². The van der Waals surface area contributed by atoms with Crippen LogP contribution in [0.4, 0.5) is 10.1 Å². The van der Waals surface area contributed by atoms with Crippen molar-refractivity contribution in [3.05, 3.63) is 54.6 Å². The SMILES string of the molecule is O=S(=O)(Nc1cccnc1)c1cccc(F)c1. The highest BCUT2D eigenvalue weighted by Gasteiger charge is 2.14. The van der Waals surface area contributed by atoms with Gasteiger partial charge in [0.1, 0.15) is 5.82 Å². The van der Waals surface area contributed by atoms with Gasteiger partial charge in [0, 0.05) is 6.20 Å². The molecule has 0 fully saturated rings. The third-order valence-corrected chi connectivity index (χ3v) is 3.40. The molecule has 88 valence electrons. The molecule has 0 aliphatic heterocycles. The van der Waals surface area contributed by atoms with Crippen LogP contribution in [0.15, 0.2) is 53.7 Å². The molecule has 2 aromatic rings. The monoisotopic (exact) mass is 252 g/mol. The maximum absolute atomic E-state index is 12.9. The van der Waals surface area contributed by atoms with Crippen molar-refractivity contribution in [3.8, 4) is 0 Å². The van der Waals surface area contributed by atoms with Crippen molar-refractivity contribution >= 4 is 15.7 Å². The van der Waals surface area contributed by atoms with Gasteiger partial charge >= 0.3 is 0 Å². The van der Waals surface area contributed by atoms with E-state index >= 15 is 0 Å². The third kappa shape index (κ3) is 2.79. The quantitative estimate of drug-likeness (QED) is 0.909. The molecule has 4 nitrogen and oxygen atoms in total. The van der Waals surface area contributed by atoms with E-state index in [4.69, 9.17) is 0 Å². The van der Waals surface area contributed by atoms with Gasteiger partial charge in [-0.1, -0.05) is 6.07 Å². The van der Waals surface area contributed by atoms with E-state index < -0.39 is 15.8 Å². The summed E-state index contributed by atoms with van der Waals surface area (Å²) in [5, 5.41) is 0. The van der Waals surface area contributed by atoms with Crippen molar-refractivity contribution in [3.63, 3.8) is 0 Å². The topological polar surface area (TPSA) is 59.1 Å². The maximum Gasteiger partial charge on any atom is 0.262 e. The molecule has 0 aliphatic carbocycles. The maximum atomic E-state index is 12.9. The molecule has 0 atom stereocenters. The number of halogens is 1. The van der Waals surface area contributed by atoms with Crippen LogP contribution in [-0.2, 0) is 10.0 Å². The number of nitrogens with zero attached hydrogens (tertiary/aromatic N) is 1. The van der Waals surface area contributed by atoms with Crippen LogP contribution in [-0.4, -0.2) is 13.4 Å². The third-order valence-electron chi connectivity index (χ3n) is 2.02. The Balaban J connectivity index is 2.32. The zero-order valence-corrected chi connectivity index (χ0v) is 9.49. The lowest BCUT2D eigenvalue weighted by Gasteiger charge is -2.07. The summed E-state index contributed by atoms with van der Waals surface area (Å²) in [5.74, 6) is -0.598. The summed E-state index contributed by atoms with van der Waals surface area (Å²) in [5.41, 5.74) is 0.330.